The third-order valence-corrected chi connectivity index (χ3v) is 5.16. The summed E-state index contributed by atoms with van der Waals surface area (Å²) in [4.78, 5) is 34.9. The molecule has 10 nitrogen and oxygen atoms in total. The van der Waals surface area contributed by atoms with Crippen LogP contribution < -0.4 is 5.69 Å². The molecule has 0 radical (unpaired) electrons. The zero-order valence-electron chi connectivity index (χ0n) is 16.5. The van der Waals surface area contributed by atoms with Crippen molar-refractivity contribution in [3.05, 3.63) is 39.6 Å². The maximum atomic E-state index is 13.0. The lowest BCUT2D eigenvalue weighted by atomic mass is 10.1. The van der Waals surface area contributed by atoms with Crippen LogP contribution in [0.3, 0.4) is 0 Å². The number of piperidine rings is 1. The second-order valence-corrected chi connectivity index (χ2v) is 7.32. The van der Waals surface area contributed by atoms with Gasteiger partial charge in [0.1, 0.15) is 0 Å². The molecule has 0 aromatic carbocycles. The van der Waals surface area contributed by atoms with E-state index in [0.717, 1.165) is 23.1 Å². The van der Waals surface area contributed by atoms with E-state index in [1.54, 1.807) is 0 Å². The van der Waals surface area contributed by atoms with Crippen LogP contribution in [0.4, 0.5) is 13.2 Å². The van der Waals surface area contributed by atoms with E-state index in [1.807, 2.05) is 19.9 Å². The molecule has 1 saturated heterocycles. The van der Waals surface area contributed by atoms with Crippen molar-refractivity contribution in [3.63, 3.8) is 0 Å². The van der Waals surface area contributed by atoms with Gasteiger partial charge in [0.2, 0.25) is 11.6 Å². The molecule has 0 N–H and O–H groups in total. The van der Waals surface area contributed by atoms with Crippen LogP contribution in [-0.4, -0.2) is 57.8 Å². The van der Waals surface area contributed by atoms with E-state index in [9.17, 15) is 22.8 Å². The van der Waals surface area contributed by atoms with Crippen molar-refractivity contribution in [2.24, 2.45) is 7.05 Å². The second kappa shape index (κ2) is 6.92. The Bertz CT molecular complexity index is 1180. The molecule has 0 unspecified atom stereocenters. The Kier molecular flexibility index (Phi) is 4.62. The minimum Gasteiger partial charge on any atom is -0.336 e. The molecule has 1 amide bonds. The number of hydrogen-bond donors (Lipinski definition) is 0. The lowest BCUT2D eigenvalue weighted by Crippen LogP contribution is -2.41. The fourth-order valence-corrected chi connectivity index (χ4v) is 3.65. The first kappa shape index (κ1) is 20.0. The fraction of sp³-hybridized carbons (Fsp3) is 0.529. The van der Waals surface area contributed by atoms with Crippen LogP contribution in [0.15, 0.2) is 10.9 Å². The first-order valence-corrected chi connectivity index (χ1v) is 9.29. The number of carbonyl (C=O) groups excluding carboxylic acids is 1. The molecule has 30 heavy (non-hydrogen) atoms. The molecule has 1 fully saturated rings. The number of hydrogen-bond acceptors (Lipinski definition) is 6. The molecule has 3 aromatic heterocycles. The second-order valence-electron chi connectivity index (χ2n) is 7.32. The van der Waals surface area contributed by atoms with Gasteiger partial charge in [-0.25, -0.2) is 19.0 Å². The number of halogens is 3. The number of alkyl halides is 3. The number of fused-ring (bicyclic) bond motifs is 1. The smallest absolute Gasteiger partial charge is 0.336 e. The Hall–Kier alpha value is -3.25. The zero-order chi connectivity index (χ0) is 21.8. The Morgan fingerprint density at radius 3 is 2.40 bits per heavy atom. The van der Waals surface area contributed by atoms with Crippen molar-refractivity contribution in [1.82, 2.24) is 38.8 Å². The van der Waals surface area contributed by atoms with E-state index in [2.05, 4.69) is 20.2 Å². The Balaban J connectivity index is 1.51. The van der Waals surface area contributed by atoms with Gasteiger partial charge in [0.05, 0.1) is 6.04 Å². The van der Waals surface area contributed by atoms with Crippen LogP contribution in [0, 0.1) is 13.8 Å². The van der Waals surface area contributed by atoms with Crippen LogP contribution in [-0.2, 0) is 13.2 Å². The summed E-state index contributed by atoms with van der Waals surface area (Å²) in [5.41, 5.74) is 0.718. The summed E-state index contributed by atoms with van der Waals surface area (Å²) in [5.74, 6) is -1.30. The Morgan fingerprint density at radius 1 is 1.13 bits per heavy atom. The Morgan fingerprint density at radius 2 is 1.80 bits per heavy atom. The van der Waals surface area contributed by atoms with Crippen LogP contribution in [0.2, 0.25) is 0 Å². The van der Waals surface area contributed by atoms with E-state index in [4.69, 9.17) is 0 Å². The van der Waals surface area contributed by atoms with E-state index in [-0.39, 0.29) is 24.8 Å². The van der Waals surface area contributed by atoms with Gasteiger partial charge in [0.15, 0.2) is 0 Å². The highest BCUT2D eigenvalue weighted by Crippen LogP contribution is 2.28. The van der Waals surface area contributed by atoms with Crippen molar-refractivity contribution in [2.45, 2.75) is 38.9 Å². The predicted octanol–water partition coefficient (Wildman–Crippen LogP) is 1.13. The summed E-state index contributed by atoms with van der Waals surface area (Å²) in [5, 5.41) is 7.70. The van der Waals surface area contributed by atoms with Gasteiger partial charge < -0.3 is 4.90 Å². The highest BCUT2D eigenvalue weighted by Gasteiger charge is 2.39. The number of aryl methyl sites for hydroxylation is 2. The average molecular weight is 424 g/mol. The number of nitrogens with zero attached hydrogens (tertiary/aromatic N) is 8. The number of amides is 1. The Labute approximate surface area is 167 Å². The maximum absolute atomic E-state index is 13.0. The van der Waals surface area contributed by atoms with Gasteiger partial charge in [-0.05, 0) is 32.8 Å². The average Bonchev–Trinajstić information content (AvgIpc) is 3.23. The molecule has 0 atom stereocenters. The van der Waals surface area contributed by atoms with Gasteiger partial charge in [-0.15, -0.1) is 10.2 Å². The van der Waals surface area contributed by atoms with Crippen molar-refractivity contribution in [1.29, 1.82) is 0 Å². The molecular formula is C17H19F3N8O2. The van der Waals surface area contributed by atoms with Gasteiger partial charge >= 0.3 is 11.9 Å². The van der Waals surface area contributed by atoms with E-state index >= 15 is 0 Å². The van der Waals surface area contributed by atoms with Crippen LogP contribution in [0.1, 0.15) is 46.7 Å². The SMILES string of the molecule is Cc1cc(C)n2nc(C(=O)N3CCC(n4nc(C(F)(F)F)n(C)c4=O)CC3)nc2n1. The summed E-state index contributed by atoms with van der Waals surface area (Å²) in [6.07, 6.45) is -4.12. The minimum absolute atomic E-state index is 0.00371. The van der Waals surface area contributed by atoms with E-state index < -0.39 is 23.7 Å². The number of aromatic nitrogens is 7. The molecule has 160 valence electrons. The molecule has 0 spiro atoms. The maximum Gasteiger partial charge on any atom is 0.451 e. The molecule has 4 heterocycles. The summed E-state index contributed by atoms with van der Waals surface area (Å²) in [6, 6.07) is 1.30. The van der Waals surface area contributed by atoms with Crippen LogP contribution in [0.25, 0.3) is 5.78 Å². The van der Waals surface area contributed by atoms with Gasteiger partial charge in [0, 0.05) is 31.5 Å². The quantitative estimate of drug-likeness (QED) is 0.611. The zero-order valence-corrected chi connectivity index (χ0v) is 16.5. The predicted molar refractivity (Wildman–Crippen MR) is 96.9 cm³/mol. The summed E-state index contributed by atoms with van der Waals surface area (Å²) in [7, 11) is 1.04. The molecule has 3 aromatic rings. The van der Waals surface area contributed by atoms with Gasteiger partial charge in [0.25, 0.3) is 11.7 Å². The summed E-state index contributed by atoms with van der Waals surface area (Å²) < 4.78 is 41.8. The van der Waals surface area contributed by atoms with Crippen LogP contribution in [0.5, 0.6) is 0 Å². The minimum atomic E-state index is -4.71. The normalized spacial score (nSPS) is 15.9. The third kappa shape index (κ3) is 3.33. The third-order valence-electron chi connectivity index (χ3n) is 5.16. The number of likely N-dealkylation sites (tertiary alicyclic amines) is 1. The molecule has 0 saturated carbocycles. The van der Waals surface area contributed by atoms with Gasteiger partial charge in [-0.1, -0.05) is 0 Å². The molecular weight excluding hydrogens is 405 g/mol. The highest BCUT2D eigenvalue weighted by molar-refractivity contribution is 5.91. The van der Waals surface area contributed by atoms with Crippen molar-refractivity contribution >= 4 is 11.7 Å². The largest absolute Gasteiger partial charge is 0.451 e. The lowest BCUT2D eigenvalue weighted by molar-refractivity contribution is -0.147. The summed E-state index contributed by atoms with van der Waals surface area (Å²) >= 11 is 0. The standard InChI is InChI=1S/C17H19F3N8O2/c1-9-8-10(2)27-15(21-9)22-12(23-27)13(29)26-6-4-11(5-7-26)28-16(30)25(3)14(24-28)17(18,19)20/h8,11H,4-7H2,1-3H3. The van der Waals surface area contributed by atoms with Crippen molar-refractivity contribution in [3.8, 4) is 0 Å². The van der Waals surface area contributed by atoms with Crippen molar-refractivity contribution < 1.29 is 18.0 Å². The van der Waals surface area contributed by atoms with Crippen LogP contribution >= 0.6 is 0 Å². The number of rotatable bonds is 2. The highest BCUT2D eigenvalue weighted by atomic mass is 19.4. The monoisotopic (exact) mass is 424 g/mol. The molecule has 1 aliphatic rings. The van der Waals surface area contributed by atoms with E-state index in [1.165, 1.54) is 9.42 Å². The molecule has 1 aliphatic heterocycles. The topological polar surface area (TPSA) is 103 Å². The first-order valence-electron chi connectivity index (χ1n) is 9.29. The molecule has 4 rings (SSSR count). The summed E-state index contributed by atoms with van der Waals surface area (Å²) in [6.45, 7) is 4.14. The lowest BCUT2D eigenvalue weighted by Gasteiger charge is -2.30. The van der Waals surface area contributed by atoms with Gasteiger partial charge in [-0.2, -0.15) is 18.2 Å². The fourth-order valence-electron chi connectivity index (χ4n) is 3.65. The van der Waals surface area contributed by atoms with Gasteiger partial charge in [-0.3, -0.25) is 9.36 Å². The molecule has 0 bridgehead atoms. The molecule has 13 heteroatoms. The first-order chi connectivity index (χ1) is 14.1. The van der Waals surface area contributed by atoms with E-state index in [0.29, 0.717) is 23.2 Å². The van der Waals surface area contributed by atoms with Crippen molar-refractivity contribution in [2.75, 3.05) is 13.1 Å². The number of carbonyl (C=O) groups is 1. The molecule has 0 aliphatic carbocycles.